The van der Waals surface area contributed by atoms with Gasteiger partial charge in [0.05, 0.1) is 19.8 Å². The zero-order valence-corrected chi connectivity index (χ0v) is 18.0. The fraction of sp³-hybridized carbons (Fsp3) is 0.458. The summed E-state index contributed by atoms with van der Waals surface area (Å²) in [7, 11) is 0. The molecule has 2 aromatic carbocycles. The SMILES string of the molecule is CC(C)(C)c1ccc(C(=O)NC[C@@H](c2ccc3c(c2)OCO3)[NH+]2CCOCC2)cc1. The molecule has 0 aliphatic carbocycles. The number of hydrogen-bond donors (Lipinski definition) is 2. The van der Waals surface area contributed by atoms with Crippen molar-refractivity contribution in [3.63, 3.8) is 0 Å². The summed E-state index contributed by atoms with van der Waals surface area (Å²) in [5, 5.41) is 3.15. The van der Waals surface area contributed by atoms with Crippen LogP contribution in [0, 0.1) is 0 Å². The molecule has 30 heavy (non-hydrogen) atoms. The van der Waals surface area contributed by atoms with E-state index >= 15 is 0 Å². The van der Waals surface area contributed by atoms with Crippen LogP contribution in [0.1, 0.15) is 48.3 Å². The van der Waals surface area contributed by atoms with Crippen LogP contribution in [0.5, 0.6) is 11.5 Å². The van der Waals surface area contributed by atoms with Crippen LogP contribution in [0.4, 0.5) is 0 Å². The Labute approximate surface area is 178 Å². The van der Waals surface area contributed by atoms with Crippen LogP contribution in [-0.2, 0) is 10.2 Å². The van der Waals surface area contributed by atoms with E-state index in [1.165, 1.54) is 10.5 Å². The molecule has 0 unspecified atom stereocenters. The normalized spacial score (nSPS) is 17.6. The van der Waals surface area contributed by atoms with Crippen molar-refractivity contribution >= 4 is 5.91 Å². The van der Waals surface area contributed by atoms with Crippen LogP contribution in [0.2, 0.25) is 0 Å². The highest BCUT2D eigenvalue weighted by Crippen LogP contribution is 2.33. The molecular formula is C24H31N2O4+. The lowest BCUT2D eigenvalue weighted by atomic mass is 9.87. The molecule has 0 radical (unpaired) electrons. The molecule has 6 heteroatoms. The van der Waals surface area contributed by atoms with Crippen LogP contribution in [-0.4, -0.2) is 45.5 Å². The van der Waals surface area contributed by atoms with E-state index in [0.29, 0.717) is 12.1 Å². The number of benzene rings is 2. The van der Waals surface area contributed by atoms with Gasteiger partial charge in [-0.15, -0.1) is 0 Å². The van der Waals surface area contributed by atoms with Crippen LogP contribution >= 0.6 is 0 Å². The first kappa shape index (κ1) is 20.7. The Morgan fingerprint density at radius 1 is 1.03 bits per heavy atom. The van der Waals surface area contributed by atoms with Crippen molar-refractivity contribution in [3.8, 4) is 11.5 Å². The van der Waals surface area contributed by atoms with Gasteiger partial charge in [-0.1, -0.05) is 32.9 Å². The van der Waals surface area contributed by atoms with Crippen molar-refractivity contribution in [3.05, 3.63) is 59.2 Å². The minimum absolute atomic E-state index is 0.0474. The minimum Gasteiger partial charge on any atom is -0.454 e. The second-order valence-electron chi connectivity index (χ2n) is 8.97. The average Bonchev–Trinajstić information content (AvgIpc) is 3.22. The molecule has 2 N–H and O–H groups in total. The second kappa shape index (κ2) is 8.66. The van der Waals surface area contributed by atoms with Crippen LogP contribution in [0.3, 0.4) is 0 Å². The Kier molecular flexibility index (Phi) is 5.97. The van der Waals surface area contributed by atoms with Crippen molar-refractivity contribution in [1.29, 1.82) is 0 Å². The molecule has 160 valence electrons. The van der Waals surface area contributed by atoms with Gasteiger partial charge in [-0.2, -0.15) is 0 Å². The molecule has 1 atom stereocenters. The highest BCUT2D eigenvalue weighted by atomic mass is 16.7. The first-order valence-corrected chi connectivity index (χ1v) is 10.6. The number of amides is 1. The van der Waals surface area contributed by atoms with Gasteiger partial charge in [0.2, 0.25) is 6.79 Å². The van der Waals surface area contributed by atoms with Gasteiger partial charge >= 0.3 is 0 Å². The van der Waals surface area contributed by atoms with Gasteiger partial charge in [0.25, 0.3) is 5.91 Å². The third-order valence-electron chi connectivity index (χ3n) is 5.91. The topological polar surface area (TPSA) is 61.2 Å². The summed E-state index contributed by atoms with van der Waals surface area (Å²) >= 11 is 0. The quantitative estimate of drug-likeness (QED) is 0.791. The lowest BCUT2D eigenvalue weighted by Gasteiger charge is -2.32. The standard InChI is InChI=1S/C24H30N2O4/c1-24(2,3)19-7-4-17(5-8-19)23(27)25-15-20(26-10-12-28-13-11-26)18-6-9-21-22(14-18)30-16-29-21/h4-9,14,20H,10-13,15-16H2,1-3H3,(H,25,27)/p+1/t20-/m0/s1. The lowest BCUT2D eigenvalue weighted by molar-refractivity contribution is -0.937. The smallest absolute Gasteiger partial charge is 0.251 e. The van der Waals surface area contributed by atoms with Crippen LogP contribution in [0.25, 0.3) is 0 Å². The van der Waals surface area contributed by atoms with Gasteiger partial charge in [0, 0.05) is 11.1 Å². The highest BCUT2D eigenvalue weighted by molar-refractivity contribution is 5.94. The predicted octanol–water partition coefficient (Wildman–Crippen LogP) is 2.10. The van der Waals surface area contributed by atoms with Gasteiger partial charge in [0.15, 0.2) is 11.5 Å². The summed E-state index contributed by atoms with van der Waals surface area (Å²) in [5.41, 5.74) is 3.11. The zero-order valence-electron chi connectivity index (χ0n) is 18.0. The van der Waals surface area contributed by atoms with E-state index in [4.69, 9.17) is 14.2 Å². The molecule has 2 aromatic rings. The third-order valence-corrected chi connectivity index (χ3v) is 5.91. The number of hydrogen-bond acceptors (Lipinski definition) is 4. The first-order valence-electron chi connectivity index (χ1n) is 10.6. The zero-order chi connectivity index (χ0) is 21.1. The van der Waals surface area contributed by atoms with Gasteiger partial charge in [-0.25, -0.2) is 0 Å². The maximum absolute atomic E-state index is 12.8. The molecule has 2 aliphatic rings. The first-order chi connectivity index (χ1) is 14.4. The molecular weight excluding hydrogens is 380 g/mol. The summed E-state index contributed by atoms with van der Waals surface area (Å²) in [5.74, 6) is 1.50. The number of nitrogens with one attached hydrogen (secondary N) is 2. The maximum atomic E-state index is 12.8. The van der Waals surface area contributed by atoms with E-state index in [0.717, 1.165) is 43.4 Å². The summed E-state index contributed by atoms with van der Waals surface area (Å²) < 4.78 is 16.6. The van der Waals surface area contributed by atoms with E-state index in [1.807, 2.05) is 36.4 Å². The predicted molar refractivity (Wildman–Crippen MR) is 114 cm³/mol. The largest absolute Gasteiger partial charge is 0.454 e. The summed E-state index contributed by atoms with van der Waals surface area (Å²) in [6.07, 6.45) is 0. The Morgan fingerprint density at radius 2 is 1.73 bits per heavy atom. The lowest BCUT2D eigenvalue weighted by Crippen LogP contribution is -3.15. The Balaban J connectivity index is 1.48. The number of ether oxygens (including phenoxy) is 3. The Morgan fingerprint density at radius 3 is 2.43 bits per heavy atom. The number of fused-ring (bicyclic) bond motifs is 1. The molecule has 0 aromatic heterocycles. The van der Waals surface area contributed by atoms with Gasteiger partial charge in [0.1, 0.15) is 19.1 Å². The van der Waals surface area contributed by atoms with E-state index in [-0.39, 0.29) is 24.2 Å². The van der Waals surface area contributed by atoms with Crippen molar-refractivity contribution in [1.82, 2.24) is 5.32 Å². The van der Waals surface area contributed by atoms with Gasteiger partial charge in [-0.05, 0) is 41.3 Å². The molecule has 6 nitrogen and oxygen atoms in total. The van der Waals surface area contributed by atoms with E-state index < -0.39 is 0 Å². The molecule has 2 aliphatic heterocycles. The van der Waals surface area contributed by atoms with Crippen molar-refractivity contribution < 1.29 is 23.9 Å². The summed E-state index contributed by atoms with van der Waals surface area (Å²) in [6, 6.07) is 14.1. The third kappa shape index (κ3) is 4.60. The molecule has 1 saturated heterocycles. The van der Waals surface area contributed by atoms with E-state index in [1.54, 1.807) is 0 Å². The van der Waals surface area contributed by atoms with E-state index in [9.17, 15) is 4.79 Å². The maximum Gasteiger partial charge on any atom is 0.251 e. The van der Waals surface area contributed by atoms with Crippen molar-refractivity contribution in [2.24, 2.45) is 0 Å². The Bertz CT molecular complexity index is 883. The Hall–Kier alpha value is -2.57. The van der Waals surface area contributed by atoms with Crippen molar-refractivity contribution in [2.45, 2.75) is 32.2 Å². The molecule has 1 fully saturated rings. The number of morpholine rings is 1. The van der Waals surface area contributed by atoms with E-state index in [2.05, 4.69) is 32.2 Å². The molecule has 0 saturated carbocycles. The minimum atomic E-state index is -0.0474. The molecule has 2 heterocycles. The van der Waals surface area contributed by atoms with Gasteiger partial charge in [-0.3, -0.25) is 4.79 Å². The van der Waals surface area contributed by atoms with Crippen molar-refractivity contribution in [2.75, 3.05) is 39.6 Å². The number of carbonyl (C=O) groups is 1. The molecule has 0 bridgehead atoms. The second-order valence-corrected chi connectivity index (χ2v) is 8.97. The average molecular weight is 412 g/mol. The number of carbonyl (C=O) groups excluding carboxylic acids is 1. The highest BCUT2D eigenvalue weighted by Gasteiger charge is 2.29. The molecule has 1 amide bonds. The summed E-state index contributed by atoms with van der Waals surface area (Å²) in [6.45, 7) is 10.6. The molecule has 4 rings (SSSR count). The summed E-state index contributed by atoms with van der Waals surface area (Å²) in [4.78, 5) is 14.2. The van der Waals surface area contributed by atoms with Gasteiger partial charge < -0.3 is 24.4 Å². The monoisotopic (exact) mass is 411 g/mol. The fourth-order valence-corrected chi connectivity index (χ4v) is 4.03. The van der Waals surface area contributed by atoms with Crippen LogP contribution in [0.15, 0.2) is 42.5 Å². The molecule has 0 spiro atoms. The number of rotatable bonds is 5. The van der Waals surface area contributed by atoms with Crippen LogP contribution < -0.4 is 19.7 Å². The fourth-order valence-electron chi connectivity index (χ4n) is 4.03. The number of quaternary nitrogens is 1.